The molecular weight excluding hydrogens is 172 g/mol. The van der Waals surface area contributed by atoms with Crippen LogP contribution in [0.2, 0.25) is 0 Å². The smallest absolute Gasteiger partial charge is 0.119 e. The summed E-state index contributed by atoms with van der Waals surface area (Å²) in [6, 6.07) is 9.95. The summed E-state index contributed by atoms with van der Waals surface area (Å²) in [6.45, 7) is 0.775. The number of para-hydroxylation sites is 1. The molecule has 0 bridgehead atoms. The van der Waals surface area contributed by atoms with E-state index in [4.69, 9.17) is 4.74 Å². The minimum Gasteiger partial charge on any atom is -0.493 e. The Labute approximate surface area is 84.7 Å². The summed E-state index contributed by atoms with van der Waals surface area (Å²) in [7, 11) is 0. The summed E-state index contributed by atoms with van der Waals surface area (Å²) in [5, 5.41) is 0. The fraction of sp³-hybridized carbons (Fsp3) is 0.231. The average Bonchev–Trinajstić information content (AvgIpc) is 2.72. The van der Waals surface area contributed by atoms with Gasteiger partial charge in [0.2, 0.25) is 0 Å². The monoisotopic (exact) mass is 186 g/mol. The van der Waals surface area contributed by atoms with Gasteiger partial charge in [0.15, 0.2) is 0 Å². The van der Waals surface area contributed by atoms with Gasteiger partial charge in [-0.3, -0.25) is 0 Å². The van der Waals surface area contributed by atoms with E-state index in [2.05, 4.69) is 18.2 Å². The van der Waals surface area contributed by atoms with Crippen LogP contribution in [0.5, 0.6) is 5.75 Å². The molecule has 0 saturated carbocycles. The van der Waals surface area contributed by atoms with E-state index >= 15 is 0 Å². The van der Waals surface area contributed by atoms with Crippen LogP contribution in [0.15, 0.2) is 54.1 Å². The van der Waals surface area contributed by atoms with Gasteiger partial charge >= 0.3 is 0 Å². The Kier molecular flexibility index (Phi) is 3.02. The van der Waals surface area contributed by atoms with Crippen molar-refractivity contribution >= 4 is 0 Å². The largest absolute Gasteiger partial charge is 0.493 e. The molecule has 2 rings (SSSR count). The van der Waals surface area contributed by atoms with Crippen LogP contribution in [0.1, 0.15) is 12.8 Å². The highest BCUT2D eigenvalue weighted by atomic mass is 16.5. The van der Waals surface area contributed by atoms with Gasteiger partial charge in [0.1, 0.15) is 5.75 Å². The van der Waals surface area contributed by atoms with Crippen molar-refractivity contribution in [2.45, 2.75) is 12.8 Å². The van der Waals surface area contributed by atoms with Gasteiger partial charge in [0.25, 0.3) is 0 Å². The fourth-order valence-corrected chi connectivity index (χ4v) is 1.49. The van der Waals surface area contributed by atoms with Crippen molar-refractivity contribution in [2.24, 2.45) is 0 Å². The number of benzene rings is 1. The first-order valence-corrected chi connectivity index (χ1v) is 4.97. The van der Waals surface area contributed by atoms with Gasteiger partial charge in [-0.15, -0.1) is 0 Å². The lowest BCUT2D eigenvalue weighted by Gasteiger charge is -2.05. The highest BCUT2D eigenvalue weighted by molar-refractivity contribution is 5.24. The number of hydrogen-bond acceptors (Lipinski definition) is 1. The zero-order chi connectivity index (χ0) is 9.64. The van der Waals surface area contributed by atoms with Crippen LogP contribution in [0.3, 0.4) is 0 Å². The molecule has 0 saturated heterocycles. The first kappa shape index (κ1) is 9.07. The zero-order valence-electron chi connectivity index (χ0n) is 8.15. The predicted octanol–water partition coefficient (Wildman–Crippen LogP) is 3.34. The topological polar surface area (TPSA) is 9.23 Å². The van der Waals surface area contributed by atoms with E-state index in [1.54, 1.807) is 0 Å². The summed E-state index contributed by atoms with van der Waals surface area (Å²) >= 11 is 0. The van der Waals surface area contributed by atoms with Crippen molar-refractivity contribution in [1.29, 1.82) is 0 Å². The molecule has 1 aliphatic carbocycles. The lowest BCUT2D eigenvalue weighted by Crippen LogP contribution is -1.97. The Bertz CT molecular complexity index is 336. The van der Waals surface area contributed by atoms with Gasteiger partial charge in [-0.1, -0.05) is 42.0 Å². The van der Waals surface area contributed by atoms with Crippen molar-refractivity contribution in [3.8, 4) is 5.75 Å². The Balaban J connectivity index is 1.73. The van der Waals surface area contributed by atoms with Crippen LogP contribution in [0, 0.1) is 0 Å². The second kappa shape index (κ2) is 4.66. The molecule has 0 unspecified atom stereocenters. The van der Waals surface area contributed by atoms with Gasteiger partial charge in [-0.05, 0) is 18.6 Å². The van der Waals surface area contributed by atoms with Gasteiger partial charge in [-0.2, -0.15) is 0 Å². The third kappa shape index (κ3) is 2.49. The fourth-order valence-electron chi connectivity index (χ4n) is 1.49. The Hall–Kier alpha value is -1.50. The molecule has 1 aliphatic rings. The predicted molar refractivity (Wildman–Crippen MR) is 58.4 cm³/mol. The minimum absolute atomic E-state index is 0.775. The zero-order valence-corrected chi connectivity index (χ0v) is 8.15. The Morgan fingerprint density at radius 1 is 1.14 bits per heavy atom. The van der Waals surface area contributed by atoms with E-state index in [0.29, 0.717) is 0 Å². The third-order valence-electron chi connectivity index (χ3n) is 2.28. The van der Waals surface area contributed by atoms with Crippen molar-refractivity contribution in [1.82, 2.24) is 0 Å². The summed E-state index contributed by atoms with van der Waals surface area (Å²) in [5.41, 5.74) is 1.46. The quantitative estimate of drug-likeness (QED) is 0.700. The van der Waals surface area contributed by atoms with Crippen LogP contribution in [-0.2, 0) is 0 Å². The standard InChI is InChI=1S/C13H14O/c1-2-8-13(9-3-1)14-11-10-12-6-4-5-7-12/h1-6,8-9H,7,10-11H2. The molecule has 0 fully saturated rings. The van der Waals surface area contributed by atoms with E-state index in [1.807, 2.05) is 30.3 Å². The second-order valence-corrected chi connectivity index (χ2v) is 3.37. The van der Waals surface area contributed by atoms with Gasteiger partial charge in [0.05, 0.1) is 6.61 Å². The van der Waals surface area contributed by atoms with Crippen molar-refractivity contribution in [2.75, 3.05) is 6.61 Å². The van der Waals surface area contributed by atoms with E-state index in [-0.39, 0.29) is 0 Å². The molecule has 1 aromatic carbocycles. The van der Waals surface area contributed by atoms with E-state index in [9.17, 15) is 0 Å². The van der Waals surface area contributed by atoms with E-state index in [1.165, 1.54) is 5.57 Å². The molecule has 0 amide bonds. The maximum atomic E-state index is 5.60. The molecule has 0 radical (unpaired) electrons. The second-order valence-electron chi connectivity index (χ2n) is 3.37. The van der Waals surface area contributed by atoms with Gasteiger partial charge < -0.3 is 4.74 Å². The van der Waals surface area contributed by atoms with Crippen molar-refractivity contribution in [3.05, 3.63) is 54.1 Å². The highest BCUT2D eigenvalue weighted by Gasteiger charge is 1.99. The van der Waals surface area contributed by atoms with Crippen LogP contribution in [-0.4, -0.2) is 6.61 Å². The lowest BCUT2D eigenvalue weighted by atomic mass is 10.2. The molecule has 0 spiro atoms. The van der Waals surface area contributed by atoms with Crippen LogP contribution in [0.25, 0.3) is 0 Å². The number of hydrogen-bond donors (Lipinski definition) is 0. The summed E-state index contributed by atoms with van der Waals surface area (Å²) in [4.78, 5) is 0. The first-order valence-electron chi connectivity index (χ1n) is 4.97. The molecule has 1 nitrogen and oxygen atoms in total. The molecule has 0 heterocycles. The molecule has 0 atom stereocenters. The summed E-state index contributed by atoms with van der Waals surface area (Å²) in [6.07, 6.45) is 8.59. The maximum Gasteiger partial charge on any atom is 0.119 e. The minimum atomic E-state index is 0.775. The molecule has 0 aliphatic heterocycles. The molecule has 0 aromatic heterocycles. The molecule has 72 valence electrons. The Morgan fingerprint density at radius 2 is 2.00 bits per heavy atom. The highest BCUT2D eigenvalue weighted by Crippen LogP contribution is 2.15. The number of allylic oxidation sites excluding steroid dienone is 3. The number of ether oxygens (including phenoxy) is 1. The molecule has 14 heavy (non-hydrogen) atoms. The molecule has 0 N–H and O–H groups in total. The SMILES string of the molecule is C1=CCC(CCOc2ccccc2)=C1. The molecule has 1 heteroatoms. The van der Waals surface area contributed by atoms with Crippen molar-refractivity contribution in [3.63, 3.8) is 0 Å². The lowest BCUT2D eigenvalue weighted by molar-refractivity contribution is 0.321. The molecular formula is C13H14O. The first-order chi connectivity index (χ1) is 6.95. The van der Waals surface area contributed by atoms with Gasteiger partial charge in [0, 0.05) is 6.42 Å². The Morgan fingerprint density at radius 3 is 2.71 bits per heavy atom. The van der Waals surface area contributed by atoms with E-state index < -0.39 is 0 Å². The third-order valence-corrected chi connectivity index (χ3v) is 2.28. The van der Waals surface area contributed by atoms with Crippen LogP contribution in [0.4, 0.5) is 0 Å². The average molecular weight is 186 g/mol. The summed E-state index contributed by atoms with van der Waals surface area (Å²) < 4.78 is 5.60. The normalized spacial score (nSPS) is 14.1. The maximum absolute atomic E-state index is 5.60. The van der Waals surface area contributed by atoms with Crippen LogP contribution >= 0.6 is 0 Å². The summed E-state index contributed by atoms with van der Waals surface area (Å²) in [5.74, 6) is 0.957. The molecule has 1 aromatic rings. The number of rotatable bonds is 4. The van der Waals surface area contributed by atoms with Crippen LogP contribution < -0.4 is 4.74 Å². The van der Waals surface area contributed by atoms with Gasteiger partial charge in [-0.25, -0.2) is 0 Å². The van der Waals surface area contributed by atoms with E-state index in [0.717, 1.165) is 25.2 Å². The van der Waals surface area contributed by atoms with Crippen molar-refractivity contribution < 1.29 is 4.74 Å².